The molecule has 18 nitrogen and oxygen atoms in total. The van der Waals surface area contributed by atoms with E-state index >= 15 is 0 Å². The summed E-state index contributed by atoms with van der Waals surface area (Å²) in [7, 11) is 0. The number of aliphatic hydroxyl groups is 10. The Hall–Kier alpha value is -3.44. The summed E-state index contributed by atoms with van der Waals surface area (Å²) in [4.78, 5) is 25.2. The number of carbonyl (C=O) groups excluding carboxylic acids is 1. The summed E-state index contributed by atoms with van der Waals surface area (Å²) in [5.74, 6) is -8.01. The van der Waals surface area contributed by atoms with Crippen LogP contribution in [0.1, 0.15) is 81.8 Å². The van der Waals surface area contributed by atoms with Crippen LogP contribution in [0, 0.1) is 17.8 Å². The molecule has 0 unspecified atom stereocenters. The minimum absolute atomic E-state index is 0.211. The van der Waals surface area contributed by atoms with Crippen LogP contribution >= 0.6 is 0 Å². The molecule has 0 aliphatic carbocycles. The number of carboxylic acid groups (broad SMARTS) is 1. The summed E-state index contributed by atoms with van der Waals surface area (Å²) in [5, 5.41) is 119. The van der Waals surface area contributed by atoms with Gasteiger partial charge in [-0.2, -0.15) is 0 Å². The van der Waals surface area contributed by atoms with E-state index in [-0.39, 0.29) is 25.2 Å². The first-order valence-corrected chi connectivity index (χ1v) is 22.1. The number of esters is 1. The van der Waals surface area contributed by atoms with Gasteiger partial charge in [0.15, 0.2) is 12.1 Å². The summed E-state index contributed by atoms with van der Waals surface area (Å²) >= 11 is 0. The maximum atomic E-state index is 12.6. The number of aliphatic carboxylic acids is 1. The normalized spacial score (nSPS) is 43.3. The molecular weight excluding hydrogens is 851 g/mol. The van der Waals surface area contributed by atoms with Crippen molar-refractivity contribution in [2.24, 2.45) is 23.5 Å². The Morgan fingerprint density at radius 2 is 1.28 bits per heavy atom. The number of ether oxygens (including phenoxy) is 4. The lowest BCUT2D eigenvalue weighted by Crippen LogP contribution is -2.61. The Morgan fingerprint density at radius 3 is 1.86 bits per heavy atom. The van der Waals surface area contributed by atoms with Crippen LogP contribution in [0.3, 0.4) is 0 Å². The summed E-state index contributed by atoms with van der Waals surface area (Å²) in [6.07, 6.45) is -3.40. The van der Waals surface area contributed by atoms with Crippen LogP contribution < -0.4 is 5.73 Å². The molecule has 0 aromatic carbocycles. The van der Waals surface area contributed by atoms with Gasteiger partial charge < -0.3 is 80.9 Å². The molecule has 2 saturated heterocycles. The maximum absolute atomic E-state index is 12.6. The van der Waals surface area contributed by atoms with Gasteiger partial charge in [-0.25, -0.2) is 0 Å². The van der Waals surface area contributed by atoms with E-state index in [9.17, 15) is 65.8 Å². The van der Waals surface area contributed by atoms with Crippen molar-refractivity contribution in [2.45, 2.75) is 176 Å². The minimum atomic E-state index is -3.24. The van der Waals surface area contributed by atoms with Crippen molar-refractivity contribution < 1.29 is 87.4 Å². The second-order valence-corrected chi connectivity index (χ2v) is 17.2. The number of carbonyl (C=O) groups is 2. The molecular formula is C47H73NO17. The molecule has 0 aromatic rings. The monoisotopic (exact) mass is 926 g/mol. The van der Waals surface area contributed by atoms with Crippen LogP contribution in [0.2, 0.25) is 0 Å². The highest BCUT2D eigenvalue weighted by Gasteiger charge is 2.51. The van der Waals surface area contributed by atoms with Gasteiger partial charge in [-0.1, -0.05) is 98.9 Å². The number of hydrogen-bond acceptors (Lipinski definition) is 17. The highest BCUT2D eigenvalue weighted by atomic mass is 16.7. The molecule has 0 spiro atoms. The first-order chi connectivity index (χ1) is 31.4. The standard InChI is InChI=1S/C47H73NO17/c1-27-17-15-13-11-9-7-5-6-8-10-12-14-16-18-34(64-46-44(58)41(48)43(57)30(4)63-46)24-38-40(45(59)60)37(54)26-47(61,65-38)25-33(51)22-36(53)35(52)20-19-31(49)21-32(50)23-39(55)62-29(3)28(2)42(27)56/h5-18,27-38,40-44,46,49-54,56-58,61H,19-26,48H2,1-4H3,(H,59,60)/t27-,28-,29-,30+,31+,32+,33-,34-,35+,36+,37-,38-,40+,41-,42+,43+,44-,46-,47+/m0/s1/i25D2. The topological polar surface area (TPSA) is 320 Å². The van der Waals surface area contributed by atoms with E-state index in [1.165, 1.54) is 19.1 Å². The SMILES string of the molecule is [2H]C1([2H])[C@@H](O)C[C@@H](O)[C@H](O)CC[C@@H](O)C[C@@H](O)CC(=O)O[C@@H](C)[C@H](C)[C@H](O)[C@@H](C)C=CC=CC=CC=CC=CC=CC=C[C@H](O[C@@H]2O[C@H](C)[C@@H](O)[C@H](N)[C@@H]2O)C[C@@H]2O[C@@]1(O)C[C@H](O)[C@H]2C(=O)O. The second-order valence-electron chi connectivity index (χ2n) is 17.2. The van der Waals surface area contributed by atoms with Gasteiger partial charge in [0, 0.05) is 40.2 Å². The van der Waals surface area contributed by atoms with Crippen LogP contribution in [0.5, 0.6) is 0 Å². The third-order valence-electron chi connectivity index (χ3n) is 11.7. The number of nitrogens with two attached hydrogens (primary N) is 1. The van der Waals surface area contributed by atoms with E-state index in [2.05, 4.69) is 0 Å². The third kappa shape index (κ3) is 18.6. The Kier molecular flexibility index (Phi) is 22.1. The number of fused-ring (bicyclic) bond motifs is 2. The summed E-state index contributed by atoms with van der Waals surface area (Å²) in [5.41, 5.74) is 6.01. The van der Waals surface area contributed by atoms with Gasteiger partial charge in [0.2, 0.25) is 0 Å². The van der Waals surface area contributed by atoms with E-state index in [1.807, 2.05) is 6.92 Å². The molecule has 0 radical (unpaired) electrons. The van der Waals surface area contributed by atoms with E-state index in [4.69, 9.17) is 27.4 Å². The van der Waals surface area contributed by atoms with Gasteiger partial charge in [-0.15, -0.1) is 0 Å². The lowest BCUT2D eigenvalue weighted by atomic mass is 9.82. The molecule has 0 saturated carbocycles. The van der Waals surface area contributed by atoms with Gasteiger partial charge >= 0.3 is 11.9 Å². The first kappa shape index (κ1) is 52.5. The third-order valence-corrected chi connectivity index (χ3v) is 11.7. The van der Waals surface area contributed by atoms with Crippen LogP contribution in [0.4, 0.5) is 0 Å². The Morgan fingerprint density at radius 1 is 0.708 bits per heavy atom. The minimum Gasteiger partial charge on any atom is -0.481 e. The largest absolute Gasteiger partial charge is 0.481 e. The molecule has 3 aliphatic heterocycles. The average molecular weight is 926 g/mol. The quantitative estimate of drug-likeness (QED) is 0.174. The Balaban J connectivity index is 1.92. The number of aliphatic hydroxyl groups excluding tert-OH is 9. The fraction of sp³-hybridized carbons (Fsp3) is 0.660. The van der Waals surface area contributed by atoms with Crippen LogP contribution in [-0.4, -0.2) is 166 Å². The van der Waals surface area contributed by atoms with Crippen molar-refractivity contribution in [2.75, 3.05) is 0 Å². The number of carboxylic acids is 1. The molecule has 0 aromatic heterocycles. The average Bonchev–Trinajstić information content (AvgIpc) is 3.24. The first-order valence-electron chi connectivity index (χ1n) is 23.1. The van der Waals surface area contributed by atoms with Crippen molar-refractivity contribution in [1.82, 2.24) is 0 Å². The molecule has 368 valence electrons. The van der Waals surface area contributed by atoms with Gasteiger partial charge in [-0.3, -0.25) is 9.59 Å². The van der Waals surface area contributed by atoms with Crippen molar-refractivity contribution in [3.63, 3.8) is 0 Å². The Bertz CT molecular complexity index is 1760. The number of cyclic esters (lactones) is 1. The zero-order chi connectivity index (χ0) is 50.2. The van der Waals surface area contributed by atoms with Gasteiger partial charge in [0.05, 0.1) is 79.6 Å². The van der Waals surface area contributed by atoms with Crippen molar-refractivity contribution in [3.8, 4) is 0 Å². The zero-order valence-electron chi connectivity index (χ0n) is 39.4. The molecule has 3 heterocycles. The molecule has 3 aliphatic rings. The molecule has 2 bridgehead atoms. The summed E-state index contributed by atoms with van der Waals surface area (Å²) < 4.78 is 40.4. The van der Waals surface area contributed by atoms with Crippen LogP contribution in [0.25, 0.3) is 0 Å². The van der Waals surface area contributed by atoms with Gasteiger partial charge in [0.1, 0.15) is 18.1 Å². The van der Waals surface area contributed by atoms with Crippen LogP contribution in [0.15, 0.2) is 85.1 Å². The molecule has 3 rings (SSSR count). The molecule has 19 atom stereocenters. The highest BCUT2D eigenvalue weighted by Crippen LogP contribution is 2.38. The van der Waals surface area contributed by atoms with Crippen molar-refractivity contribution in [1.29, 1.82) is 0 Å². The van der Waals surface area contributed by atoms with E-state index in [0.29, 0.717) is 0 Å². The molecule has 0 amide bonds. The number of allylic oxidation sites excluding steroid dienone is 12. The predicted molar refractivity (Wildman–Crippen MR) is 237 cm³/mol. The lowest BCUT2D eigenvalue weighted by Gasteiger charge is -2.45. The second kappa shape index (κ2) is 27.4. The lowest BCUT2D eigenvalue weighted by molar-refractivity contribution is -0.308. The highest BCUT2D eigenvalue weighted by molar-refractivity contribution is 5.71. The number of hydrogen-bond donors (Lipinski definition) is 12. The smallest absolute Gasteiger partial charge is 0.311 e. The van der Waals surface area contributed by atoms with E-state index < -0.39 is 153 Å². The van der Waals surface area contributed by atoms with Crippen molar-refractivity contribution >= 4 is 11.9 Å². The summed E-state index contributed by atoms with van der Waals surface area (Å²) in [6, 6.07) is -1.21. The van der Waals surface area contributed by atoms with E-state index in [0.717, 1.165) is 0 Å². The molecule has 65 heavy (non-hydrogen) atoms. The molecule has 2 fully saturated rings. The van der Waals surface area contributed by atoms with E-state index in [1.54, 1.807) is 86.8 Å². The van der Waals surface area contributed by atoms with Crippen molar-refractivity contribution in [3.05, 3.63) is 85.1 Å². The maximum Gasteiger partial charge on any atom is 0.311 e. The summed E-state index contributed by atoms with van der Waals surface area (Å²) in [6.45, 7) is 6.64. The van der Waals surface area contributed by atoms with Gasteiger partial charge in [-0.05, 0) is 33.1 Å². The van der Waals surface area contributed by atoms with Crippen LogP contribution in [-0.2, 0) is 28.5 Å². The molecule has 18 heteroatoms. The zero-order valence-corrected chi connectivity index (χ0v) is 37.4. The van der Waals surface area contributed by atoms with Gasteiger partial charge in [0.25, 0.3) is 0 Å². The fourth-order valence-electron chi connectivity index (χ4n) is 7.67. The predicted octanol–water partition coefficient (Wildman–Crippen LogP) is 0.712. The molecule has 13 N–H and O–H groups in total. The fourth-order valence-corrected chi connectivity index (χ4v) is 7.67. The Labute approximate surface area is 383 Å². The number of rotatable bonds is 3.